The monoisotopic (exact) mass is 351 g/mol. The molecule has 3 rings (SSSR count). The molecule has 0 aliphatic heterocycles. The molecule has 2 heterocycles. The minimum Gasteiger partial charge on any atom is -0.433 e. The second-order valence-electron chi connectivity index (χ2n) is 5.07. The first-order chi connectivity index (χ1) is 11.4. The predicted octanol–water partition coefficient (Wildman–Crippen LogP) is 4.15. The Bertz CT molecular complexity index is 911. The van der Waals surface area contributed by atoms with Crippen molar-refractivity contribution in [2.45, 2.75) is 13.5 Å². The van der Waals surface area contributed by atoms with E-state index in [-0.39, 0.29) is 16.5 Å². The number of alkyl halides is 2. The van der Waals surface area contributed by atoms with Gasteiger partial charge in [-0.15, -0.1) is 0 Å². The van der Waals surface area contributed by atoms with Crippen molar-refractivity contribution in [1.82, 2.24) is 9.38 Å². The van der Waals surface area contributed by atoms with Crippen LogP contribution in [0.1, 0.15) is 16.1 Å². The molecular formula is C16H12ClF2N3O2. The lowest BCUT2D eigenvalue weighted by molar-refractivity contribution is -0.0497. The fourth-order valence-corrected chi connectivity index (χ4v) is 2.38. The number of benzene rings is 1. The highest BCUT2D eigenvalue weighted by molar-refractivity contribution is 6.32. The number of aromatic nitrogens is 2. The number of nitrogens with zero attached hydrogens (tertiary/aromatic N) is 2. The SMILES string of the molecule is Cc1ccn2cc(C(=O)Nc3ccc(OC(F)F)c(Cl)c3)nc2c1. The lowest BCUT2D eigenvalue weighted by Gasteiger charge is -2.08. The number of carbonyl (C=O) groups is 1. The van der Waals surface area contributed by atoms with Gasteiger partial charge in [0.25, 0.3) is 5.91 Å². The van der Waals surface area contributed by atoms with Gasteiger partial charge in [-0.05, 0) is 42.8 Å². The number of rotatable bonds is 4. The fraction of sp³-hybridized carbons (Fsp3) is 0.125. The number of carbonyl (C=O) groups excluding carboxylic acids is 1. The molecule has 2 aromatic heterocycles. The largest absolute Gasteiger partial charge is 0.433 e. The van der Waals surface area contributed by atoms with Gasteiger partial charge in [0.05, 0.1) is 5.02 Å². The van der Waals surface area contributed by atoms with Crippen molar-refractivity contribution < 1.29 is 18.3 Å². The maximum absolute atomic E-state index is 12.3. The Morgan fingerprint density at radius 3 is 2.83 bits per heavy atom. The van der Waals surface area contributed by atoms with Gasteiger partial charge in [0.15, 0.2) is 0 Å². The first kappa shape index (κ1) is 16.2. The van der Waals surface area contributed by atoms with Crippen molar-refractivity contribution in [3.05, 3.63) is 59.0 Å². The summed E-state index contributed by atoms with van der Waals surface area (Å²) < 4.78 is 30.4. The maximum atomic E-state index is 12.3. The van der Waals surface area contributed by atoms with E-state index in [0.29, 0.717) is 11.3 Å². The molecule has 0 spiro atoms. The summed E-state index contributed by atoms with van der Waals surface area (Å²) in [5.74, 6) is -0.595. The Balaban J connectivity index is 1.79. The second kappa shape index (κ2) is 6.45. The minimum atomic E-state index is -2.97. The molecule has 24 heavy (non-hydrogen) atoms. The van der Waals surface area contributed by atoms with Crippen LogP contribution in [0.15, 0.2) is 42.7 Å². The average molecular weight is 352 g/mol. The van der Waals surface area contributed by atoms with Crippen LogP contribution in [0.25, 0.3) is 5.65 Å². The van der Waals surface area contributed by atoms with Crippen molar-refractivity contribution >= 4 is 28.8 Å². The molecular weight excluding hydrogens is 340 g/mol. The zero-order valence-corrected chi connectivity index (χ0v) is 13.2. The first-order valence-corrected chi connectivity index (χ1v) is 7.31. The third-order valence-corrected chi connectivity index (χ3v) is 3.55. The van der Waals surface area contributed by atoms with Crippen molar-refractivity contribution in [3.8, 4) is 5.75 Å². The van der Waals surface area contributed by atoms with E-state index in [1.165, 1.54) is 18.2 Å². The van der Waals surface area contributed by atoms with Gasteiger partial charge in [-0.25, -0.2) is 4.98 Å². The van der Waals surface area contributed by atoms with Crippen molar-refractivity contribution in [2.75, 3.05) is 5.32 Å². The number of nitrogens with one attached hydrogen (secondary N) is 1. The molecule has 0 saturated carbocycles. The van der Waals surface area contributed by atoms with Gasteiger partial charge in [-0.2, -0.15) is 8.78 Å². The molecule has 1 N–H and O–H groups in total. The Morgan fingerprint density at radius 1 is 1.33 bits per heavy atom. The highest BCUT2D eigenvalue weighted by atomic mass is 35.5. The Morgan fingerprint density at radius 2 is 2.12 bits per heavy atom. The van der Waals surface area contributed by atoms with Crippen LogP contribution < -0.4 is 10.1 Å². The van der Waals surface area contributed by atoms with Gasteiger partial charge in [0, 0.05) is 18.1 Å². The third-order valence-electron chi connectivity index (χ3n) is 3.25. The normalized spacial score (nSPS) is 11.0. The zero-order valence-electron chi connectivity index (χ0n) is 12.5. The molecule has 124 valence electrons. The van der Waals surface area contributed by atoms with Crippen LogP contribution in [0.5, 0.6) is 5.75 Å². The van der Waals surface area contributed by atoms with Crippen LogP contribution in [-0.2, 0) is 0 Å². The standard InChI is InChI=1S/C16H12ClF2N3O2/c1-9-4-5-22-8-12(21-14(22)6-9)15(23)20-10-2-3-13(11(17)7-10)24-16(18)19/h2-8,16H,1H3,(H,20,23). The van der Waals surface area contributed by atoms with Gasteiger partial charge in [0.2, 0.25) is 0 Å². The van der Waals surface area contributed by atoms with E-state index in [9.17, 15) is 13.6 Å². The summed E-state index contributed by atoms with van der Waals surface area (Å²) in [6, 6.07) is 7.76. The molecule has 1 amide bonds. The van der Waals surface area contributed by atoms with E-state index in [4.69, 9.17) is 11.6 Å². The highest BCUT2D eigenvalue weighted by Gasteiger charge is 2.13. The second-order valence-corrected chi connectivity index (χ2v) is 5.48. The van der Waals surface area contributed by atoms with E-state index in [0.717, 1.165) is 5.56 Å². The number of ether oxygens (including phenoxy) is 1. The summed E-state index contributed by atoms with van der Waals surface area (Å²) >= 11 is 5.86. The lowest BCUT2D eigenvalue weighted by atomic mass is 10.3. The molecule has 3 aromatic rings. The Labute approximate surface area is 140 Å². The average Bonchev–Trinajstić information content (AvgIpc) is 2.93. The molecule has 0 bridgehead atoms. The smallest absolute Gasteiger partial charge is 0.387 e. The van der Waals surface area contributed by atoms with Crippen LogP contribution in [0, 0.1) is 6.92 Å². The number of pyridine rings is 1. The van der Waals surface area contributed by atoms with Crippen molar-refractivity contribution in [2.24, 2.45) is 0 Å². The minimum absolute atomic E-state index is 0.0290. The van der Waals surface area contributed by atoms with Gasteiger partial charge in [0.1, 0.15) is 17.1 Å². The van der Waals surface area contributed by atoms with E-state index < -0.39 is 12.5 Å². The number of fused-ring (bicyclic) bond motifs is 1. The maximum Gasteiger partial charge on any atom is 0.387 e. The van der Waals surface area contributed by atoms with E-state index >= 15 is 0 Å². The van der Waals surface area contributed by atoms with Crippen molar-refractivity contribution in [1.29, 1.82) is 0 Å². The molecule has 0 saturated heterocycles. The number of halogens is 3. The van der Waals surface area contributed by atoms with Crippen LogP contribution in [0.3, 0.4) is 0 Å². The molecule has 8 heteroatoms. The first-order valence-electron chi connectivity index (χ1n) is 6.93. The summed E-state index contributed by atoms with van der Waals surface area (Å²) in [6.45, 7) is -1.04. The molecule has 0 fully saturated rings. The number of hydrogen-bond donors (Lipinski definition) is 1. The number of anilines is 1. The topological polar surface area (TPSA) is 55.6 Å². The van der Waals surface area contributed by atoms with Crippen molar-refractivity contribution in [3.63, 3.8) is 0 Å². The zero-order chi connectivity index (χ0) is 17.3. The van der Waals surface area contributed by atoms with Gasteiger partial charge < -0.3 is 14.5 Å². The summed E-state index contributed by atoms with van der Waals surface area (Å²) in [7, 11) is 0. The fourth-order valence-electron chi connectivity index (χ4n) is 2.16. The Kier molecular flexibility index (Phi) is 4.35. The van der Waals surface area contributed by atoms with Gasteiger partial charge in [-0.1, -0.05) is 11.6 Å². The van der Waals surface area contributed by atoms with E-state index in [1.807, 2.05) is 25.3 Å². The molecule has 0 unspecified atom stereocenters. The van der Waals surface area contributed by atoms with E-state index in [1.54, 1.807) is 10.6 Å². The molecule has 5 nitrogen and oxygen atoms in total. The molecule has 0 radical (unpaired) electrons. The Hall–Kier alpha value is -2.67. The number of hydrogen-bond acceptors (Lipinski definition) is 3. The van der Waals surface area contributed by atoms with Crippen LogP contribution in [0.4, 0.5) is 14.5 Å². The van der Waals surface area contributed by atoms with Gasteiger partial charge in [-0.3, -0.25) is 4.79 Å². The van der Waals surface area contributed by atoms with Crippen LogP contribution in [0.2, 0.25) is 5.02 Å². The summed E-state index contributed by atoms with van der Waals surface area (Å²) in [6.07, 6.45) is 3.40. The molecule has 0 aliphatic carbocycles. The number of amides is 1. The highest BCUT2D eigenvalue weighted by Crippen LogP contribution is 2.29. The number of aryl methyl sites for hydroxylation is 1. The van der Waals surface area contributed by atoms with Crippen LogP contribution >= 0.6 is 11.6 Å². The quantitative estimate of drug-likeness (QED) is 0.768. The third kappa shape index (κ3) is 3.46. The molecule has 1 aromatic carbocycles. The summed E-state index contributed by atoms with van der Waals surface area (Å²) in [4.78, 5) is 16.5. The molecule has 0 atom stereocenters. The predicted molar refractivity (Wildman–Crippen MR) is 86.0 cm³/mol. The summed E-state index contributed by atoms with van der Waals surface area (Å²) in [5.41, 5.74) is 2.25. The summed E-state index contributed by atoms with van der Waals surface area (Å²) in [5, 5.41) is 2.58. The lowest BCUT2D eigenvalue weighted by Crippen LogP contribution is -2.12. The van der Waals surface area contributed by atoms with Crippen LogP contribution in [-0.4, -0.2) is 21.9 Å². The number of imidazole rings is 1. The van der Waals surface area contributed by atoms with E-state index in [2.05, 4.69) is 15.0 Å². The molecule has 0 aliphatic rings. The van der Waals surface area contributed by atoms with Gasteiger partial charge >= 0.3 is 6.61 Å².